The highest BCUT2D eigenvalue weighted by atomic mass is 16.6. The Morgan fingerprint density at radius 3 is 1.96 bits per heavy atom. The van der Waals surface area contributed by atoms with Crippen LogP contribution in [0.2, 0.25) is 0 Å². The van der Waals surface area contributed by atoms with Gasteiger partial charge in [-0.05, 0) is 100 Å². The number of benzene rings is 5. The number of hydrogen-bond acceptors (Lipinski definition) is 6. The SMILES string of the molecule is NCc1cccc(C2CCN(C(=O)/C=C/c3ccc4c(c3)OB(c3ccc5cccc(C(=O)N6CCC(c7cccc(CN)c7)CC6)c5c3)O4)CC2)c1. The number of rotatable bonds is 8. The number of fused-ring (bicyclic) bond motifs is 2. The molecule has 3 aliphatic heterocycles. The molecule has 0 spiro atoms. The van der Waals surface area contributed by atoms with E-state index < -0.39 is 7.12 Å². The third-order valence-corrected chi connectivity index (χ3v) is 11.2. The zero-order valence-electron chi connectivity index (χ0n) is 30.0. The first kappa shape index (κ1) is 34.7. The number of carbonyl (C=O) groups is 2. The van der Waals surface area contributed by atoms with Crippen LogP contribution in [0.25, 0.3) is 16.8 Å². The summed E-state index contributed by atoms with van der Waals surface area (Å²) in [6.07, 6.45) is 7.21. The first-order valence-corrected chi connectivity index (χ1v) is 18.8. The lowest BCUT2D eigenvalue weighted by atomic mass is 9.78. The van der Waals surface area contributed by atoms with Gasteiger partial charge in [-0.3, -0.25) is 9.59 Å². The summed E-state index contributed by atoms with van der Waals surface area (Å²) in [5, 5.41) is 1.87. The summed E-state index contributed by atoms with van der Waals surface area (Å²) in [5.74, 6) is 2.19. The van der Waals surface area contributed by atoms with Crippen LogP contribution < -0.4 is 26.2 Å². The van der Waals surface area contributed by atoms with Crippen LogP contribution in [0.4, 0.5) is 0 Å². The summed E-state index contributed by atoms with van der Waals surface area (Å²) in [6.45, 7) is 3.95. The minimum atomic E-state index is -0.648. The second-order valence-electron chi connectivity index (χ2n) is 14.5. The number of amides is 2. The quantitative estimate of drug-likeness (QED) is 0.144. The third kappa shape index (κ3) is 7.45. The molecule has 3 aliphatic rings. The van der Waals surface area contributed by atoms with Gasteiger partial charge in [0.25, 0.3) is 5.91 Å². The predicted molar refractivity (Wildman–Crippen MR) is 211 cm³/mol. The number of nitrogens with two attached hydrogens (primary N) is 2. The molecule has 0 atom stereocenters. The Kier molecular flexibility index (Phi) is 10.0. The van der Waals surface area contributed by atoms with Crippen molar-refractivity contribution in [2.45, 2.75) is 50.6 Å². The maximum Gasteiger partial charge on any atom is 0.632 e. The van der Waals surface area contributed by atoms with E-state index in [1.54, 1.807) is 6.08 Å². The van der Waals surface area contributed by atoms with Crippen molar-refractivity contribution >= 4 is 41.2 Å². The van der Waals surface area contributed by atoms with Crippen LogP contribution in [0, 0.1) is 0 Å². The number of nitrogens with zero attached hydrogens (tertiary/aromatic N) is 2. The molecule has 4 N–H and O–H groups in total. The highest BCUT2D eigenvalue weighted by Gasteiger charge is 2.35. The van der Waals surface area contributed by atoms with Crippen molar-refractivity contribution in [3.05, 3.63) is 143 Å². The van der Waals surface area contributed by atoms with Crippen molar-refractivity contribution in [3.8, 4) is 11.5 Å². The summed E-state index contributed by atoms with van der Waals surface area (Å²) in [7, 11) is -0.648. The van der Waals surface area contributed by atoms with E-state index in [0.717, 1.165) is 71.7 Å². The molecule has 9 heteroatoms. The first-order valence-electron chi connectivity index (χ1n) is 18.8. The smallest absolute Gasteiger partial charge is 0.519 e. The van der Waals surface area contributed by atoms with Crippen LogP contribution in [-0.4, -0.2) is 54.9 Å². The molecule has 53 heavy (non-hydrogen) atoms. The van der Waals surface area contributed by atoms with E-state index in [0.29, 0.717) is 55.1 Å². The number of piperidine rings is 2. The topological polar surface area (TPSA) is 111 Å². The normalized spacial score (nSPS) is 16.5. The van der Waals surface area contributed by atoms with E-state index in [1.807, 2.05) is 70.5 Å². The van der Waals surface area contributed by atoms with E-state index in [-0.39, 0.29) is 11.8 Å². The molecule has 5 aromatic carbocycles. The molecule has 0 aromatic heterocycles. The highest BCUT2D eigenvalue weighted by Crippen LogP contribution is 2.36. The van der Waals surface area contributed by atoms with Gasteiger partial charge in [0, 0.05) is 56.4 Å². The van der Waals surface area contributed by atoms with E-state index >= 15 is 0 Å². The van der Waals surface area contributed by atoms with Crippen LogP contribution in [0.1, 0.15) is 75.7 Å². The molecule has 2 saturated heterocycles. The van der Waals surface area contributed by atoms with Crippen LogP contribution in [0.15, 0.2) is 109 Å². The lowest BCUT2D eigenvalue weighted by Gasteiger charge is -2.32. The van der Waals surface area contributed by atoms with Gasteiger partial charge in [-0.2, -0.15) is 0 Å². The lowest BCUT2D eigenvalue weighted by Crippen LogP contribution is -2.39. The second kappa shape index (κ2) is 15.3. The van der Waals surface area contributed by atoms with Gasteiger partial charge in [-0.15, -0.1) is 0 Å². The van der Waals surface area contributed by atoms with Crippen LogP contribution in [-0.2, 0) is 17.9 Å². The van der Waals surface area contributed by atoms with Gasteiger partial charge in [0.15, 0.2) is 0 Å². The van der Waals surface area contributed by atoms with Gasteiger partial charge >= 0.3 is 7.12 Å². The summed E-state index contributed by atoms with van der Waals surface area (Å²) >= 11 is 0. The molecule has 8 nitrogen and oxygen atoms in total. The van der Waals surface area contributed by atoms with E-state index in [1.165, 1.54) is 11.1 Å². The number of hydrogen-bond donors (Lipinski definition) is 2. The number of likely N-dealkylation sites (tertiary alicyclic amines) is 2. The van der Waals surface area contributed by atoms with Gasteiger partial charge in [-0.1, -0.05) is 84.9 Å². The van der Waals surface area contributed by atoms with Crippen molar-refractivity contribution in [1.82, 2.24) is 9.80 Å². The molecular weight excluding hydrogens is 659 g/mol. The molecule has 2 fully saturated rings. The molecule has 3 heterocycles. The predicted octanol–water partition coefficient (Wildman–Crippen LogP) is 6.36. The van der Waals surface area contributed by atoms with Crippen LogP contribution in [0.3, 0.4) is 0 Å². The average molecular weight is 705 g/mol. The summed E-state index contributed by atoms with van der Waals surface area (Å²) in [4.78, 5) is 30.9. The van der Waals surface area contributed by atoms with Crippen LogP contribution in [0.5, 0.6) is 11.5 Å². The van der Waals surface area contributed by atoms with Crippen LogP contribution >= 0.6 is 0 Å². The summed E-state index contributed by atoms with van der Waals surface area (Å²) < 4.78 is 12.5. The standard InChI is InChI=1S/C44H45BN4O4/c46-28-31-4-1-7-36(24-31)33-16-20-48(21-17-33)43(50)15-11-30-10-14-41-42(26-30)53-45(52-41)38-13-12-35-6-3-9-39(40(35)27-38)44(51)49-22-18-34(19-23-49)37-8-2-5-32(25-37)29-47/h1-15,24-27,33-34H,16-23,28-29,46-47H2/b15-11+. The van der Waals surface area contributed by atoms with Crippen molar-refractivity contribution in [1.29, 1.82) is 0 Å². The van der Waals surface area contributed by atoms with Crippen molar-refractivity contribution in [2.24, 2.45) is 11.5 Å². The molecule has 268 valence electrons. The fourth-order valence-corrected chi connectivity index (χ4v) is 8.07. The Labute approximate surface area is 311 Å². The van der Waals surface area contributed by atoms with Gasteiger partial charge in [0.2, 0.25) is 5.91 Å². The Morgan fingerprint density at radius 1 is 0.679 bits per heavy atom. The summed E-state index contributed by atoms with van der Waals surface area (Å²) in [6, 6.07) is 34.6. The monoisotopic (exact) mass is 704 g/mol. The maximum absolute atomic E-state index is 13.9. The van der Waals surface area contributed by atoms with E-state index in [2.05, 4.69) is 48.5 Å². The fraction of sp³-hybridized carbons (Fsp3) is 0.273. The Balaban J connectivity index is 0.899. The van der Waals surface area contributed by atoms with Gasteiger partial charge in [0.05, 0.1) is 0 Å². The molecule has 0 radical (unpaired) electrons. The van der Waals surface area contributed by atoms with Crippen molar-refractivity contribution < 1.29 is 18.9 Å². The minimum Gasteiger partial charge on any atom is -0.519 e. The largest absolute Gasteiger partial charge is 0.632 e. The zero-order valence-corrected chi connectivity index (χ0v) is 30.0. The van der Waals surface area contributed by atoms with E-state index in [4.69, 9.17) is 20.8 Å². The Bertz CT molecular complexity index is 2170. The molecule has 0 unspecified atom stereocenters. The molecular formula is C44H45BN4O4. The molecule has 2 amide bonds. The van der Waals surface area contributed by atoms with Crippen molar-refractivity contribution in [2.75, 3.05) is 26.2 Å². The average Bonchev–Trinajstić information content (AvgIpc) is 3.66. The van der Waals surface area contributed by atoms with Gasteiger partial charge in [-0.25, -0.2) is 0 Å². The molecule has 8 rings (SSSR count). The molecule has 0 saturated carbocycles. The van der Waals surface area contributed by atoms with E-state index in [9.17, 15) is 9.59 Å². The first-order chi connectivity index (χ1) is 25.9. The maximum atomic E-state index is 13.9. The number of carbonyl (C=O) groups excluding carboxylic acids is 2. The molecule has 0 bridgehead atoms. The fourth-order valence-electron chi connectivity index (χ4n) is 8.07. The third-order valence-electron chi connectivity index (χ3n) is 11.2. The Morgan fingerprint density at radius 2 is 1.30 bits per heavy atom. The lowest BCUT2D eigenvalue weighted by molar-refractivity contribution is -0.126. The second-order valence-corrected chi connectivity index (χ2v) is 14.5. The minimum absolute atomic E-state index is 0.0119. The Hall–Kier alpha value is -5.38. The van der Waals surface area contributed by atoms with Gasteiger partial charge < -0.3 is 30.6 Å². The van der Waals surface area contributed by atoms with Gasteiger partial charge in [0.1, 0.15) is 11.5 Å². The van der Waals surface area contributed by atoms with Crippen molar-refractivity contribution in [3.63, 3.8) is 0 Å². The molecule has 5 aromatic rings. The summed E-state index contributed by atoms with van der Waals surface area (Å²) in [5.41, 5.74) is 19.0. The molecule has 0 aliphatic carbocycles. The highest BCUT2D eigenvalue weighted by molar-refractivity contribution is 6.64. The zero-order chi connectivity index (χ0) is 36.3.